The molecule has 0 fully saturated rings. The van der Waals surface area contributed by atoms with E-state index in [0.717, 1.165) is 22.6 Å². The highest BCUT2D eigenvalue weighted by Gasteiger charge is 2.16. The maximum atomic E-state index is 13.3. The number of benzene rings is 3. The Balaban J connectivity index is 1.68. The fourth-order valence-corrected chi connectivity index (χ4v) is 3.17. The second-order valence-electron chi connectivity index (χ2n) is 6.89. The summed E-state index contributed by atoms with van der Waals surface area (Å²) in [5.41, 5.74) is 1.99. The first-order valence-corrected chi connectivity index (χ1v) is 9.58. The van der Waals surface area contributed by atoms with Crippen LogP contribution in [-0.2, 0) is 13.1 Å². The Kier molecular flexibility index (Phi) is 7.61. The molecule has 0 saturated carbocycles. The smallest absolute Gasteiger partial charge is 0.123 e. The van der Waals surface area contributed by atoms with Crippen molar-refractivity contribution in [3.8, 4) is 11.5 Å². The number of methoxy groups -OCH3 is 1. The van der Waals surface area contributed by atoms with Crippen molar-refractivity contribution in [2.45, 2.75) is 19.2 Å². The Bertz CT molecular complexity index is 871. The maximum absolute atomic E-state index is 13.3. The largest absolute Gasteiger partial charge is 0.496 e. The van der Waals surface area contributed by atoms with Gasteiger partial charge in [0.05, 0.1) is 7.11 Å². The molecule has 0 spiro atoms. The fraction of sp³-hybridized carbons (Fsp3) is 0.250. The van der Waals surface area contributed by atoms with Crippen molar-refractivity contribution in [2.75, 3.05) is 20.3 Å². The van der Waals surface area contributed by atoms with E-state index in [1.807, 2.05) is 54.6 Å². The summed E-state index contributed by atoms with van der Waals surface area (Å²) in [5, 5.41) is 10.5. The number of aliphatic hydroxyl groups excluding tert-OH is 1. The zero-order valence-electron chi connectivity index (χ0n) is 16.5. The lowest BCUT2D eigenvalue weighted by molar-refractivity contribution is 0.0626. The molecule has 3 rings (SSSR count). The van der Waals surface area contributed by atoms with Crippen molar-refractivity contribution >= 4 is 0 Å². The van der Waals surface area contributed by atoms with E-state index < -0.39 is 6.10 Å². The molecule has 0 unspecified atom stereocenters. The van der Waals surface area contributed by atoms with Gasteiger partial charge in [0.1, 0.15) is 30.0 Å². The van der Waals surface area contributed by atoms with Crippen LogP contribution in [0.5, 0.6) is 11.5 Å². The van der Waals surface area contributed by atoms with Crippen LogP contribution in [-0.4, -0.2) is 36.4 Å². The number of rotatable bonds is 10. The van der Waals surface area contributed by atoms with Gasteiger partial charge in [-0.05, 0) is 35.9 Å². The number of aliphatic hydroxyl groups is 1. The average Bonchev–Trinajstić information content (AvgIpc) is 2.75. The standard InChI is InChI=1S/C24H26FNO3/c1-28-24-10-6-5-7-20(24)16-26(15-19-11-13-21(25)14-12-19)17-22(27)18-29-23-8-3-2-4-9-23/h2-14,22,27H,15-18H2,1H3/t22-/m0/s1. The van der Waals surface area contributed by atoms with Crippen LogP contribution in [0.25, 0.3) is 0 Å². The van der Waals surface area contributed by atoms with Crippen LogP contribution >= 0.6 is 0 Å². The molecule has 3 aromatic rings. The third-order valence-corrected chi connectivity index (χ3v) is 4.56. The van der Waals surface area contributed by atoms with Crippen molar-refractivity contribution in [3.63, 3.8) is 0 Å². The molecule has 0 saturated heterocycles. The summed E-state index contributed by atoms with van der Waals surface area (Å²) < 4.78 is 24.4. The van der Waals surface area contributed by atoms with Gasteiger partial charge >= 0.3 is 0 Å². The van der Waals surface area contributed by atoms with Gasteiger partial charge in [0.25, 0.3) is 0 Å². The minimum Gasteiger partial charge on any atom is -0.496 e. The first kappa shape index (κ1) is 20.8. The van der Waals surface area contributed by atoms with Crippen LogP contribution in [0, 0.1) is 5.82 Å². The van der Waals surface area contributed by atoms with Crippen molar-refractivity contribution in [3.05, 3.63) is 95.8 Å². The average molecular weight is 395 g/mol. The van der Waals surface area contributed by atoms with E-state index in [1.165, 1.54) is 12.1 Å². The molecule has 0 amide bonds. The summed E-state index contributed by atoms with van der Waals surface area (Å²) >= 11 is 0. The van der Waals surface area contributed by atoms with Crippen LogP contribution in [0.3, 0.4) is 0 Å². The summed E-state index contributed by atoms with van der Waals surface area (Å²) in [6.07, 6.45) is -0.676. The minimum absolute atomic E-state index is 0.190. The molecule has 0 heterocycles. The molecule has 152 valence electrons. The van der Waals surface area contributed by atoms with E-state index in [2.05, 4.69) is 4.90 Å². The van der Waals surface area contributed by atoms with E-state index >= 15 is 0 Å². The molecule has 1 N–H and O–H groups in total. The van der Waals surface area contributed by atoms with Crippen molar-refractivity contribution < 1.29 is 19.0 Å². The molecule has 0 aliphatic rings. The molecule has 1 atom stereocenters. The quantitative estimate of drug-likeness (QED) is 0.557. The molecule has 0 radical (unpaired) electrons. The van der Waals surface area contributed by atoms with Crippen molar-refractivity contribution in [2.24, 2.45) is 0 Å². The van der Waals surface area contributed by atoms with Crippen LogP contribution in [0.15, 0.2) is 78.9 Å². The van der Waals surface area contributed by atoms with Gasteiger partial charge in [0, 0.05) is 25.2 Å². The summed E-state index contributed by atoms with van der Waals surface area (Å²) in [5.74, 6) is 1.26. The van der Waals surface area contributed by atoms with E-state index in [4.69, 9.17) is 9.47 Å². The third kappa shape index (κ3) is 6.59. The van der Waals surface area contributed by atoms with Crippen LogP contribution in [0.2, 0.25) is 0 Å². The van der Waals surface area contributed by atoms with Gasteiger partial charge in [-0.25, -0.2) is 4.39 Å². The van der Waals surface area contributed by atoms with E-state index in [0.29, 0.717) is 19.6 Å². The van der Waals surface area contributed by atoms with Gasteiger partial charge in [-0.15, -0.1) is 0 Å². The van der Waals surface area contributed by atoms with Gasteiger partial charge in [0.2, 0.25) is 0 Å². The van der Waals surface area contributed by atoms with Crippen molar-refractivity contribution in [1.82, 2.24) is 4.90 Å². The maximum Gasteiger partial charge on any atom is 0.123 e. The monoisotopic (exact) mass is 395 g/mol. The second-order valence-corrected chi connectivity index (χ2v) is 6.89. The van der Waals surface area contributed by atoms with Gasteiger partial charge in [-0.1, -0.05) is 48.5 Å². The van der Waals surface area contributed by atoms with Gasteiger partial charge < -0.3 is 14.6 Å². The Morgan fingerprint density at radius 3 is 2.31 bits per heavy atom. The lowest BCUT2D eigenvalue weighted by atomic mass is 10.1. The minimum atomic E-state index is -0.676. The van der Waals surface area contributed by atoms with Crippen LogP contribution in [0.4, 0.5) is 4.39 Å². The Hall–Kier alpha value is -2.89. The molecular formula is C24H26FNO3. The van der Waals surface area contributed by atoms with Crippen LogP contribution < -0.4 is 9.47 Å². The zero-order chi connectivity index (χ0) is 20.5. The predicted octanol–water partition coefficient (Wildman–Crippen LogP) is 4.28. The highest BCUT2D eigenvalue weighted by Crippen LogP contribution is 2.21. The second kappa shape index (κ2) is 10.6. The highest BCUT2D eigenvalue weighted by molar-refractivity contribution is 5.33. The Labute approximate surface area is 171 Å². The number of hydrogen-bond donors (Lipinski definition) is 1. The molecule has 4 nitrogen and oxygen atoms in total. The number of para-hydroxylation sites is 2. The molecule has 3 aromatic carbocycles. The topological polar surface area (TPSA) is 41.9 Å². The summed E-state index contributed by atoms with van der Waals surface area (Å²) in [6.45, 7) is 1.75. The molecule has 0 aromatic heterocycles. The van der Waals surface area contributed by atoms with Gasteiger partial charge in [-0.2, -0.15) is 0 Å². The SMILES string of the molecule is COc1ccccc1CN(Cc1ccc(F)cc1)C[C@H](O)COc1ccccc1. The normalized spacial score (nSPS) is 12.0. The lowest BCUT2D eigenvalue weighted by Gasteiger charge is -2.26. The van der Waals surface area contributed by atoms with E-state index in [1.54, 1.807) is 19.2 Å². The first-order chi connectivity index (χ1) is 14.1. The van der Waals surface area contributed by atoms with Gasteiger partial charge in [0.15, 0.2) is 0 Å². The Morgan fingerprint density at radius 1 is 0.897 bits per heavy atom. The van der Waals surface area contributed by atoms with E-state index in [-0.39, 0.29) is 12.4 Å². The number of hydrogen-bond acceptors (Lipinski definition) is 4. The summed E-state index contributed by atoms with van der Waals surface area (Å²) in [6, 6.07) is 23.7. The first-order valence-electron chi connectivity index (χ1n) is 9.58. The molecule has 0 bridgehead atoms. The predicted molar refractivity (Wildman–Crippen MR) is 111 cm³/mol. The molecular weight excluding hydrogens is 369 g/mol. The van der Waals surface area contributed by atoms with Gasteiger partial charge in [-0.3, -0.25) is 4.90 Å². The van der Waals surface area contributed by atoms with Crippen LogP contribution in [0.1, 0.15) is 11.1 Å². The number of nitrogens with zero attached hydrogens (tertiary/aromatic N) is 1. The molecule has 0 aliphatic heterocycles. The van der Waals surface area contributed by atoms with E-state index in [9.17, 15) is 9.50 Å². The number of halogens is 1. The van der Waals surface area contributed by atoms with Crippen molar-refractivity contribution in [1.29, 1.82) is 0 Å². The molecule has 29 heavy (non-hydrogen) atoms. The zero-order valence-corrected chi connectivity index (χ0v) is 16.5. The third-order valence-electron chi connectivity index (χ3n) is 4.56. The highest BCUT2D eigenvalue weighted by atomic mass is 19.1. The number of ether oxygens (including phenoxy) is 2. The molecule has 0 aliphatic carbocycles. The molecule has 5 heteroatoms. The summed E-state index contributed by atoms with van der Waals surface area (Å²) in [7, 11) is 1.64. The summed E-state index contributed by atoms with van der Waals surface area (Å²) in [4.78, 5) is 2.10. The fourth-order valence-electron chi connectivity index (χ4n) is 3.17. The Morgan fingerprint density at radius 2 is 1.59 bits per heavy atom. The lowest BCUT2D eigenvalue weighted by Crippen LogP contribution is -2.35.